The molecule has 2 aromatic rings. The van der Waals surface area contributed by atoms with E-state index < -0.39 is 51.0 Å². The van der Waals surface area contributed by atoms with Crippen molar-refractivity contribution in [3.05, 3.63) is 65.2 Å². The first-order valence-corrected chi connectivity index (χ1v) is 18.9. The summed E-state index contributed by atoms with van der Waals surface area (Å²) in [7, 11) is -2.71. The number of aryl methyl sites for hydroxylation is 1. The summed E-state index contributed by atoms with van der Waals surface area (Å²) in [4.78, 5) is 39.3. The number of ether oxygens (including phenoxy) is 2. The summed E-state index contributed by atoms with van der Waals surface area (Å²) in [6.07, 6.45) is -7.10. The minimum atomic E-state index is -2.71. The highest BCUT2D eigenvalue weighted by Crippen LogP contribution is 2.46. The second-order valence-corrected chi connectivity index (χ2v) is 17.4. The third-order valence-corrected chi connectivity index (χ3v) is 12.3. The lowest BCUT2D eigenvalue weighted by atomic mass is 9.93. The summed E-state index contributed by atoms with van der Waals surface area (Å²) in [5, 5.41) is 52.0. The number of aliphatic hydroxyl groups excluding tert-OH is 5. The Balaban J connectivity index is 1.19. The average Bonchev–Trinajstić information content (AvgIpc) is 3.35. The van der Waals surface area contributed by atoms with Crippen LogP contribution in [0.15, 0.2) is 48.5 Å². The molecule has 13 heteroatoms. The number of fused-ring (bicyclic) bond motifs is 1. The van der Waals surface area contributed by atoms with Crippen LogP contribution in [-0.2, 0) is 38.4 Å². The lowest BCUT2D eigenvalue weighted by Crippen LogP contribution is -2.60. The molecule has 0 radical (unpaired) electrons. The fraction of sp³-hybridized carbons (Fsp3) is 0.576. The van der Waals surface area contributed by atoms with Gasteiger partial charge in [0.25, 0.3) is 5.91 Å². The number of rotatable bonds is 9. The molecule has 0 aromatic heterocycles. The summed E-state index contributed by atoms with van der Waals surface area (Å²) in [6, 6.07) is 14.7. The number of hydrogen-bond acceptors (Lipinski definition) is 10. The molecule has 2 fully saturated rings. The van der Waals surface area contributed by atoms with Crippen molar-refractivity contribution in [3.8, 4) is 0 Å². The third-order valence-electron chi connectivity index (χ3n) is 9.77. The van der Waals surface area contributed by atoms with E-state index in [2.05, 4.69) is 12.2 Å². The molecular weight excluding hydrogens is 612 g/mol. The number of nitrogens with one attached hydrogen (secondary N) is 1. The molecule has 12 nitrogen and oxygen atoms in total. The predicted molar refractivity (Wildman–Crippen MR) is 170 cm³/mol. The van der Waals surface area contributed by atoms with Crippen LogP contribution in [0, 0.1) is 5.92 Å². The minimum Gasteiger partial charge on any atom is -0.432 e. The van der Waals surface area contributed by atoms with Gasteiger partial charge >= 0.3 is 0 Å². The third kappa shape index (κ3) is 7.38. The Bertz CT molecular complexity index is 1370. The van der Waals surface area contributed by atoms with Gasteiger partial charge in [-0.05, 0) is 67.1 Å². The Hall–Kier alpha value is -2.72. The van der Waals surface area contributed by atoms with Gasteiger partial charge in [-0.25, -0.2) is 0 Å². The average molecular weight is 659 g/mol. The van der Waals surface area contributed by atoms with E-state index in [1.807, 2.05) is 49.5 Å². The number of nitrogens with zero attached hydrogens (tertiary/aromatic N) is 1. The first-order valence-electron chi connectivity index (χ1n) is 15.9. The van der Waals surface area contributed by atoms with E-state index in [4.69, 9.17) is 9.47 Å². The lowest BCUT2D eigenvalue weighted by molar-refractivity contribution is -0.274. The predicted octanol–water partition coefficient (Wildman–Crippen LogP) is 0.665. The van der Waals surface area contributed by atoms with Crippen LogP contribution in [-0.4, -0.2) is 111 Å². The number of amides is 2. The largest absolute Gasteiger partial charge is 0.432 e. The SMILES string of the molecule is C[C@@H]1[C@@H]([Si](C)(C)O)[C@H](CC(=O)N2Cc3ccccc3C[C@H]2CO)O[C@@H]1CCc1ccc(NC(=O)[C@H]2O[C@@H](O)[C@H](O)[C@@H](O)[C@@H]2O)cc1. The normalized spacial score (nSPS) is 33.0. The number of carbonyl (C=O) groups is 2. The number of anilines is 1. The standard InChI is InChI=1S/C33H46N2O10Si/c1-18-24(13-10-19-8-11-22(12-9-19)34-32(41)30-28(39)27(38)29(40)33(42)45-30)44-25(31(18)46(2,3)43)15-26(37)35-16-21-7-5-4-6-20(21)14-23(35)17-36/h4-9,11-12,18,23-25,27-31,33,36,38-40,42-43H,10,13-17H2,1-3H3,(H,34,41)/t18-,23-,24+,25-,27-,28-,29+,30-,31+,33+/m0/s1. The summed E-state index contributed by atoms with van der Waals surface area (Å²) in [5.74, 6) is -0.830. The second kappa shape index (κ2) is 14.2. The summed E-state index contributed by atoms with van der Waals surface area (Å²) >= 11 is 0. The zero-order valence-electron chi connectivity index (χ0n) is 26.4. The van der Waals surface area contributed by atoms with E-state index in [9.17, 15) is 39.9 Å². The molecule has 0 spiro atoms. The quantitative estimate of drug-likeness (QED) is 0.189. The zero-order valence-corrected chi connectivity index (χ0v) is 27.4. The topological polar surface area (TPSA) is 189 Å². The second-order valence-electron chi connectivity index (χ2n) is 13.4. The molecule has 3 aliphatic heterocycles. The highest BCUT2D eigenvalue weighted by Gasteiger charge is 2.51. The molecule has 10 atom stereocenters. The zero-order chi connectivity index (χ0) is 33.3. The van der Waals surface area contributed by atoms with E-state index in [1.165, 1.54) is 0 Å². The van der Waals surface area contributed by atoms with Crippen LogP contribution < -0.4 is 5.32 Å². The van der Waals surface area contributed by atoms with Gasteiger partial charge in [-0.1, -0.05) is 43.3 Å². The molecular formula is C33H46N2O10Si. The first-order chi connectivity index (χ1) is 21.8. The summed E-state index contributed by atoms with van der Waals surface area (Å²) in [6.45, 7) is 6.17. The van der Waals surface area contributed by atoms with Crippen LogP contribution in [0.3, 0.4) is 0 Å². The molecule has 252 valence electrons. The molecule has 0 aliphatic carbocycles. The van der Waals surface area contributed by atoms with Crippen molar-refractivity contribution in [2.75, 3.05) is 11.9 Å². The lowest BCUT2D eigenvalue weighted by Gasteiger charge is -2.37. The van der Waals surface area contributed by atoms with Crippen LogP contribution in [0.25, 0.3) is 0 Å². The van der Waals surface area contributed by atoms with Gasteiger partial charge in [-0.2, -0.15) is 0 Å². The molecule has 2 saturated heterocycles. The van der Waals surface area contributed by atoms with Gasteiger partial charge < -0.3 is 50.0 Å². The maximum Gasteiger partial charge on any atom is 0.256 e. The van der Waals surface area contributed by atoms with Crippen LogP contribution in [0.4, 0.5) is 5.69 Å². The van der Waals surface area contributed by atoms with Crippen LogP contribution >= 0.6 is 0 Å². The highest BCUT2D eigenvalue weighted by molar-refractivity contribution is 6.71. The monoisotopic (exact) mass is 658 g/mol. The summed E-state index contributed by atoms with van der Waals surface area (Å²) < 4.78 is 11.5. The number of aliphatic hydroxyl groups is 5. The molecule has 46 heavy (non-hydrogen) atoms. The highest BCUT2D eigenvalue weighted by atomic mass is 28.4. The molecule has 7 N–H and O–H groups in total. The fourth-order valence-electron chi connectivity index (χ4n) is 7.29. The smallest absolute Gasteiger partial charge is 0.256 e. The van der Waals surface area contributed by atoms with Gasteiger partial charge in [-0.3, -0.25) is 9.59 Å². The Morgan fingerprint density at radius 1 is 0.935 bits per heavy atom. The Morgan fingerprint density at radius 3 is 2.26 bits per heavy atom. The van der Waals surface area contributed by atoms with Crippen molar-refractivity contribution in [1.29, 1.82) is 0 Å². The number of hydrogen-bond donors (Lipinski definition) is 7. The molecule has 0 unspecified atom stereocenters. The van der Waals surface area contributed by atoms with Crippen molar-refractivity contribution in [2.45, 2.75) is 107 Å². The van der Waals surface area contributed by atoms with Gasteiger partial charge in [0.05, 0.1) is 31.3 Å². The maximum absolute atomic E-state index is 13.7. The van der Waals surface area contributed by atoms with Crippen molar-refractivity contribution in [3.63, 3.8) is 0 Å². The first kappa shape index (κ1) is 34.6. The van der Waals surface area contributed by atoms with Crippen LogP contribution in [0.2, 0.25) is 18.6 Å². The molecule has 3 aliphatic rings. The van der Waals surface area contributed by atoms with Crippen LogP contribution in [0.5, 0.6) is 0 Å². The molecule has 0 saturated carbocycles. The van der Waals surface area contributed by atoms with Crippen molar-refractivity contribution < 1.29 is 49.4 Å². The van der Waals surface area contributed by atoms with Crippen molar-refractivity contribution in [2.24, 2.45) is 5.92 Å². The van der Waals surface area contributed by atoms with E-state index in [-0.39, 0.29) is 42.5 Å². The van der Waals surface area contributed by atoms with Gasteiger partial charge in [0, 0.05) is 17.8 Å². The van der Waals surface area contributed by atoms with E-state index in [0.29, 0.717) is 31.5 Å². The number of benzene rings is 2. The Labute approximate surface area is 269 Å². The van der Waals surface area contributed by atoms with Crippen molar-refractivity contribution >= 4 is 25.8 Å². The summed E-state index contributed by atoms with van der Waals surface area (Å²) in [5.41, 5.74) is 3.48. The Kier molecular flexibility index (Phi) is 10.7. The van der Waals surface area contributed by atoms with Gasteiger partial charge in [0.15, 0.2) is 20.7 Å². The van der Waals surface area contributed by atoms with E-state index in [1.54, 1.807) is 17.0 Å². The molecule has 2 amide bonds. The molecule has 0 bridgehead atoms. The van der Waals surface area contributed by atoms with Gasteiger partial charge in [0.2, 0.25) is 5.91 Å². The molecule has 3 heterocycles. The molecule has 5 rings (SSSR count). The minimum absolute atomic E-state index is 0.0323. The maximum atomic E-state index is 13.7. The van der Waals surface area contributed by atoms with E-state index >= 15 is 0 Å². The van der Waals surface area contributed by atoms with Crippen molar-refractivity contribution in [1.82, 2.24) is 4.90 Å². The van der Waals surface area contributed by atoms with Crippen LogP contribution in [0.1, 0.15) is 36.5 Å². The number of carbonyl (C=O) groups excluding carboxylic acids is 2. The van der Waals surface area contributed by atoms with E-state index in [0.717, 1.165) is 16.7 Å². The Morgan fingerprint density at radius 2 is 1.61 bits per heavy atom. The van der Waals surface area contributed by atoms with Gasteiger partial charge in [0.1, 0.15) is 18.3 Å². The van der Waals surface area contributed by atoms with Gasteiger partial charge in [-0.15, -0.1) is 0 Å². The molecule has 2 aromatic carbocycles. The fourth-order valence-corrected chi connectivity index (χ4v) is 9.90.